The maximum absolute atomic E-state index is 10.9. The van der Waals surface area contributed by atoms with Crippen molar-refractivity contribution in [3.05, 3.63) is 12.4 Å². The number of halogens is 8. The van der Waals surface area contributed by atoms with Gasteiger partial charge in [-0.1, -0.05) is 6.58 Å². The van der Waals surface area contributed by atoms with Gasteiger partial charge >= 0.3 is 6.18 Å². The van der Waals surface area contributed by atoms with Crippen LogP contribution in [-0.2, 0) is 0 Å². The van der Waals surface area contributed by atoms with Gasteiger partial charge in [-0.15, -0.1) is 0 Å². The van der Waals surface area contributed by atoms with Gasteiger partial charge in [0.2, 0.25) is 0 Å². The molecule has 0 aliphatic heterocycles. The van der Waals surface area contributed by atoms with E-state index in [-0.39, 0.29) is 0 Å². The average molecular weight is 216 g/mol. The second-order valence-corrected chi connectivity index (χ2v) is 1.57. The Hall–Kier alpha value is -0.820. The number of hydrogen-bond acceptors (Lipinski definition) is 0. The Labute approximate surface area is 67.8 Å². The molecule has 0 radical (unpaired) electrons. The van der Waals surface area contributed by atoms with Crippen LogP contribution < -0.4 is 0 Å². The molecule has 0 aliphatic rings. The van der Waals surface area contributed by atoms with Crippen LogP contribution in [0.1, 0.15) is 0 Å². The van der Waals surface area contributed by atoms with Crippen LogP contribution >= 0.6 is 0 Å². The lowest BCUT2D eigenvalue weighted by atomic mass is 10.6. The molecule has 0 aliphatic carbocycles. The van der Waals surface area contributed by atoms with Crippen molar-refractivity contribution in [2.24, 2.45) is 0 Å². The van der Waals surface area contributed by atoms with Crippen LogP contribution in [0.5, 0.6) is 0 Å². The fourth-order valence-electron chi connectivity index (χ4n) is 0. The molecular weight excluding hydrogens is 212 g/mol. The van der Waals surface area contributed by atoms with Crippen LogP contribution in [0.3, 0.4) is 0 Å². The van der Waals surface area contributed by atoms with Crippen molar-refractivity contribution in [1.29, 1.82) is 0 Å². The van der Waals surface area contributed by atoms with Crippen molar-refractivity contribution >= 4 is 0 Å². The normalized spacial score (nSPS) is 11.2. The molecule has 0 fully saturated rings. The van der Waals surface area contributed by atoms with Crippen molar-refractivity contribution in [2.75, 3.05) is 0 Å². The molecule has 0 saturated heterocycles. The van der Waals surface area contributed by atoms with Crippen molar-refractivity contribution in [3.8, 4) is 0 Å². The molecule has 0 atom stereocenters. The predicted molar refractivity (Wildman–Crippen MR) is 28.3 cm³/mol. The van der Waals surface area contributed by atoms with E-state index in [0.29, 0.717) is 0 Å². The molecule has 0 aromatic carbocycles. The first kappa shape index (κ1) is 14.7. The van der Waals surface area contributed by atoms with Crippen LogP contribution in [-0.4, -0.2) is 19.0 Å². The number of rotatable bonds is 1. The lowest BCUT2D eigenvalue weighted by Gasteiger charge is -1.97. The summed E-state index contributed by atoms with van der Waals surface area (Å²) in [7, 11) is 0. The highest BCUT2D eigenvalue weighted by molar-refractivity contribution is 4.88. The smallest absolute Gasteiger partial charge is 0.204 e. The number of allylic oxidation sites excluding steroid dienone is 1. The van der Waals surface area contributed by atoms with Crippen molar-refractivity contribution in [3.63, 3.8) is 0 Å². The van der Waals surface area contributed by atoms with E-state index in [2.05, 4.69) is 0 Å². The first-order valence-corrected chi connectivity index (χ1v) is 2.57. The van der Waals surface area contributed by atoms with E-state index in [9.17, 15) is 35.1 Å². The summed E-state index contributed by atoms with van der Waals surface area (Å²) < 4.78 is 84.6. The molecule has 0 aromatic heterocycles. The van der Waals surface area contributed by atoms with Gasteiger partial charge in [0.1, 0.15) is 0 Å². The van der Waals surface area contributed by atoms with E-state index in [0.717, 1.165) is 0 Å². The standard InChI is InChI=1S/C3H2F4.C2H2F4/c1-2(4)3(5,6)7;3-1(4)2(5)6/h1H2;1-2H. The molecule has 0 rings (SSSR count). The summed E-state index contributed by atoms with van der Waals surface area (Å²) in [5.74, 6) is -2.26. The summed E-state index contributed by atoms with van der Waals surface area (Å²) in [6.07, 6.45) is -11.8. The minimum atomic E-state index is -4.86. The second-order valence-electron chi connectivity index (χ2n) is 1.57. The van der Waals surface area contributed by atoms with Gasteiger partial charge in [0.05, 0.1) is 0 Å². The molecule has 0 heterocycles. The molecule has 13 heavy (non-hydrogen) atoms. The van der Waals surface area contributed by atoms with E-state index >= 15 is 0 Å². The fraction of sp³-hybridized carbons (Fsp3) is 0.600. The molecule has 0 bridgehead atoms. The highest BCUT2D eigenvalue weighted by Gasteiger charge is 2.32. The van der Waals surface area contributed by atoms with Gasteiger partial charge < -0.3 is 0 Å². The van der Waals surface area contributed by atoms with Crippen molar-refractivity contribution in [1.82, 2.24) is 0 Å². The molecule has 0 aromatic rings. The van der Waals surface area contributed by atoms with E-state index in [4.69, 9.17) is 0 Å². The van der Waals surface area contributed by atoms with Gasteiger partial charge in [-0.3, -0.25) is 0 Å². The van der Waals surface area contributed by atoms with E-state index in [1.54, 1.807) is 0 Å². The molecule has 0 nitrogen and oxygen atoms in total. The average Bonchev–Trinajstić information content (AvgIpc) is 1.86. The third-order valence-electron chi connectivity index (χ3n) is 0.498. The molecule has 0 N–H and O–H groups in total. The summed E-state index contributed by atoms with van der Waals surface area (Å²) in [4.78, 5) is 0. The van der Waals surface area contributed by atoms with Gasteiger partial charge in [-0.2, -0.15) is 13.2 Å². The first-order chi connectivity index (χ1) is 5.59. The third kappa shape index (κ3) is 11.2. The Kier molecular flexibility index (Phi) is 6.51. The second kappa shape index (κ2) is 5.76. The molecular formula is C5H4F8. The highest BCUT2D eigenvalue weighted by Crippen LogP contribution is 2.23. The van der Waals surface area contributed by atoms with E-state index < -0.39 is 24.9 Å². The Bertz CT molecular complexity index is 139. The van der Waals surface area contributed by atoms with Crippen LogP contribution in [0.2, 0.25) is 0 Å². The summed E-state index contributed by atoms with van der Waals surface area (Å²) in [5.41, 5.74) is 0. The van der Waals surface area contributed by atoms with Crippen LogP contribution in [0, 0.1) is 0 Å². The molecule has 0 amide bonds. The fourth-order valence-corrected chi connectivity index (χ4v) is 0. The maximum atomic E-state index is 10.9. The monoisotopic (exact) mass is 216 g/mol. The molecule has 0 spiro atoms. The van der Waals surface area contributed by atoms with Crippen LogP contribution in [0.25, 0.3) is 0 Å². The van der Waals surface area contributed by atoms with Gasteiger partial charge in [0.15, 0.2) is 5.83 Å². The maximum Gasteiger partial charge on any atom is 0.442 e. The molecule has 0 saturated carbocycles. The Balaban J connectivity index is 0. The van der Waals surface area contributed by atoms with Gasteiger partial charge in [0.25, 0.3) is 12.9 Å². The molecule has 0 unspecified atom stereocenters. The zero-order valence-corrected chi connectivity index (χ0v) is 5.89. The minimum Gasteiger partial charge on any atom is -0.204 e. The number of hydrogen-bond donors (Lipinski definition) is 0. The lowest BCUT2D eigenvalue weighted by Crippen LogP contribution is -2.05. The summed E-state index contributed by atoms with van der Waals surface area (Å²) in [5, 5.41) is 0. The lowest BCUT2D eigenvalue weighted by molar-refractivity contribution is -0.108. The zero-order chi connectivity index (χ0) is 11.2. The summed E-state index contributed by atoms with van der Waals surface area (Å²) in [6, 6.07) is 0. The highest BCUT2D eigenvalue weighted by atomic mass is 19.4. The Morgan fingerprint density at radius 1 is 0.923 bits per heavy atom. The Morgan fingerprint density at radius 3 is 1.08 bits per heavy atom. The van der Waals surface area contributed by atoms with Gasteiger partial charge in [0, 0.05) is 0 Å². The van der Waals surface area contributed by atoms with Gasteiger partial charge in [-0.25, -0.2) is 22.0 Å². The Morgan fingerprint density at radius 2 is 1.08 bits per heavy atom. The third-order valence-corrected chi connectivity index (χ3v) is 0.498. The largest absolute Gasteiger partial charge is 0.442 e. The molecule has 80 valence electrons. The van der Waals surface area contributed by atoms with Crippen LogP contribution in [0.4, 0.5) is 35.1 Å². The quantitative estimate of drug-likeness (QED) is 0.588. The minimum absolute atomic E-state index is 2.03. The topological polar surface area (TPSA) is 0 Å². The first-order valence-electron chi connectivity index (χ1n) is 2.57. The number of alkyl halides is 7. The predicted octanol–water partition coefficient (Wildman–Crippen LogP) is 3.55. The van der Waals surface area contributed by atoms with E-state index in [1.807, 2.05) is 6.58 Å². The summed E-state index contributed by atoms with van der Waals surface area (Å²) in [6.45, 7) is 2.03. The SMILES string of the molecule is C=C(F)C(F)(F)F.FC(F)C(F)F. The van der Waals surface area contributed by atoms with E-state index in [1.165, 1.54) is 0 Å². The van der Waals surface area contributed by atoms with Crippen LogP contribution in [0.15, 0.2) is 12.4 Å². The van der Waals surface area contributed by atoms with Gasteiger partial charge in [-0.05, 0) is 0 Å². The molecule has 8 heteroatoms. The van der Waals surface area contributed by atoms with Crippen molar-refractivity contribution in [2.45, 2.75) is 19.0 Å². The zero-order valence-electron chi connectivity index (χ0n) is 5.89. The van der Waals surface area contributed by atoms with Crippen molar-refractivity contribution < 1.29 is 35.1 Å². The summed E-state index contributed by atoms with van der Waals surface area (Å²) >= 11 is 0.